The number of benzene rings is 1. The van der Waals surface area contributed by atoms with E-state index in [1.54, 1.807) is 23.7 Å². The van der Waals surface area contributed by atoms with E-state index in [2.05, 4.69) is 9.88 Å². The van der Waals surface area contributed by atoms with Crippen molar-refractivity contribution in [3.8, 4) is 5.75 Å². The number of ether oxygens (including phenoxy) is 1. The maximum atomic E-state index is 12.2. The zero-order chi connectivity index (χ0) is 13.9. The first-order valence-corrected chi connectivity index (χ1v) is 7.23. The van der Waals surface area contributed by atoms with Crippen LogP contribution in [0.1, 0.15) is 15.4 Å². The predicted molar refractivity (Wildman–Crippen MR) is 76.7 cm³/mol. The Kier molecular flexibility index (Phi) is 3.66. The van der Waals surface area contributed by atoms with Crippen LogP contribution in [-0.4, -0.2) is 42.2 Å². The van der Waals surface area contributed by atoms with Crippen LogP contribution in [0.3, 0.4) is 0 Å². The number of carbonyl (C=O) groups excluding carboxylic acids is 1. The summed E-state index contributed by atoms with van der Waals surface area (Å²) in [6.07, 6.45) is 1.58. The molecule has 0 amide bonds. The first-order chi connectivity index (χ1) is 9.75. The Labute approximate surface area is 120 Å². The maximum Gasteiger partial charge on any atom is 0.225 e. The van der Waals surface area contributed by atoms with Crippen molar-refractivity contribution >= 4 is 22.8 Å². The van der Waals surface area contributed by atoms with E-state index in [-0.39, 0.29) is 17.1 Å². The molecule has 0 saturated carbocycles. The first kappa shape index (κ1) is 13.1. The smallest absolute Gasteiger partial charge is 0.225 e. The molecule has 1 N–H and O–H groups in total. The highest BCUT2D eigenvalue weighted by atomic mass is 32.1. The highest BCUT2D eigenvalue weighted by Gasteiger charge is 2.18. The van der Waals surface area contributed by atoms with E-state index in [1.165, 1.54) is 11.3 Å². The number of ketones is 1. The number of rotatable bonds is 3. The highest BCUT2D eigenvalue weighted by molar-refractivity contribution is 7.11. The fourth-order valence-corrected chi connectivity index (χ4v) is 2.77. The van der Waals surface area contributed by atoms with Gasteiger partial charge in [0.1, 0.15) is 5.75 Å². The van der Waals surface area contributed by atoms with Crippen LogP contribution in [0.15, 0.2) is 29.8 Å². The van der Waals surface area contributed by atoms with Gasteiger partial charge in [-0.1, -0.05) is 0 Å². The maximum absolute atomic E-state index is 12.2. The third-order valence-corrected chi connectivity index (χ3v) is 4.00. The molecule has 1 aromatic heterocycles. The third-order valence-electron chi connectivity index (χ3n) is 3.23. The summed E-state index contributed by atoms with van der Waals surface area (Å²) >= 11 is 1.27. The minimum atomic E-state index is -0.244. The van der Waals surface area contributed by atoms with E-state index < -0.39 is 0 Å². The van der Waals surface area contributed by atoms with Gasteiger partial charge in [0.05, 0.1) is 18.8 Å². The van der Waals surface area contributed by atoms with Crippen molar-refractivity contribution in [1.82, 2.24) is 4.98 Å². The van der Waals surface area contributed by atoms with Crippen molar-refractivity contribution < 1.29 is 14.6 Å². The van der Waals surface area contributed by atoms with Crippen LogP contribution in [0.5, 0.6) is 5.75 Å². The summed E-state index contributed by atoms with van der Waals surface area (Å²) in [6.45, 7) is 2.94. The van der Waals surface area contributed by atoms with Gasteiger partial charge in [-0.3, -0.25) is 4.79 Å². The predicted octanol–water partition coefficient (Wildman–Crippen LogP) is 1.92. The van der Waals surface area contributed by atoms with Gasteiger partial charge in [-0.25, -0.2) is 4.98 Å². The number of phenolic OH excluding ortho intramolecular Hbond substituents is 1. The Morgan fingerprint density at radius 1 is 1.35 bits per heavy atom. The topological polar surface area (TPSA) is 62.7 Å². The number of phenols is 1. The van der Waals surface area contributed by atoms with Gasteiger partial charge < -0.3 is 14.7 Å². The molecule has 104 valence electrons. The molecule has 1 fully saturated rings. The molecule has 1 aliphatic heterocycles. The van der Waals surface area contributed by atoms with Crippen molar-refractivity contribution in [3.05, 3.63) is 40.3 Å². The van der Waals surface area contributed by atoms with E-state index in [1.807, 2.05) is 6.07 Å². The molecule has 0 spiro atoms. The number of morpholine rings is 1. The number of aromatic hydroxyl groups is 1. The van der Waals surface area contributed by atoms with Crippen LogP contribution in [0.2, 0.25) is 0 Å². The van der Waals surface area contributed by atoms with Crippen molar-refractivity contribution in [2.75, 3.05) is 31.2 Å². The zero-order valence-corrected chi connectivity index (χ0v) is 11.6. The zero-order valence-electron chi connectivity index (χ0n) is 10.8. The van der Waals surface area contributed by atoms with Crippen molar-refractivity contribution in [2.45, 2.75) is 0 Å². The normalized spacial score (nSPS) is 15.3. The van der Waals surface area contributed by atoms with Gasteiger partial charge in [0, 0.05) is 36.4 Å². The summed E-state index contributed by atoms with van der Waals surface area (Å²) < 4.78 is 5.30. The van der Waals surface area contributed by atoms with Gasteiger partial charge in [0.2, 0.25) is 5.78 Å². The Balaban J connectivity index is 1.85. The summed E-state index contributed by atoms with van der Waals surface area (Å²) in [4.78, 5) is 18.3. The van der Waals surface area contributed by atoms with Crippen LogP contribution in [0, 0.1) is 0 Å². The van der Waals surface area contributed by atoms with Gasteiger partial charge in [-0.15, -0.1) is 11.3 Å². The number of hydrogen-bond acceptors (Lipinski definition) is 6. The Hall–Kier alpha value is -1.92. The van der Waals surface area contributed by atoms with Gasteiger partial charge >= 0.3 is 0 Å². The Bertz CT molecular complexity index is 607. The summed E-state index contributed by atoms with van der Waals surface area (Å²) in [6, 6.07) is 5.14. The van der Waals surface area contributed by atoms with Crippen molar-refractivity contribution in [1.29, 1.82) is 0 Å². The molecule has 0 aliphatic carbocycles. The quantitative estimate of drug-likeness (QED) is 0.875. The molecule has 0 radical (unpaired) electrons. The molecule has 0 atom stereocenters. The lowest BCUT2D eigenvalue weighted by Gasteiger charge is -2.29. The van der Waals surface area contributed by atoms with E-state index >= 15 is 0 Å². The van der Waals surface area contributed by atoms with E-state index in [0.717, 1.165) is 18.8 Å². The lowest BCUT2D eigenvalue weighted by Crippen LogP contribution is -2.36. The molecule has 0 unspecified atom stereocenters. The molecule has 5 nitrogen and oxygen atoms in total. The SMILES string of the molecule is O=C(c1nccs1)c1ccc(N2CCOCC2)cc1O. The summed E-state index contributed by atoms with van der Waals surface area (Å²) in [7, 11) is 0. The summed E-state index contributed by atoms with van der Waals surface area (Å²) in [5.41, 5.74) is 1.19. The van der Waals surface area contributed by atoms with Gasteiger partial charge in [0.25, 0.3) is 0 Å². The minimum Gasteiger partial charge on any atom is -0.507 e. The minimum absolute atomic E-state index is 0.00538. The molecule has 2 aromatic rings. The first-order valence-electron chi connectivity index (χ1n) is 6.35. The van der Waals surface area contributed by atoms with Crippen LogP contribution in [0.4, 0.5) is 5.69 Å². The molecule has 1 aromatic carbocycles. The molecular weight excluding hydrogens is 276 g/mol. The Morgan fingerprint density at radius 2 is 2.15 bits per heavy atom. The summed E-state index contributed by atoms with van der Waals surface area (Å²) in [5, 5.41) is 12.2. The molecular formula is C14H14N2O3S. The van der Waals surface area contributed by atoms with Crippen LogP contribution < -0.4 is 4.90 Å². The van der Waals surface area contributed by atoms with Gasteiger partial charge in [-0.05, 0) is 12.1 Å². The molecule has 0 bridgehead atoms. The number of hydrogen-bond donors (Lipinski definition) is 1. The van der Waals surface area contributed by atoms with Gasteiger partial charge in [-0.2, -0.15) is 0 Å². The fraction of sp³-hybridized carbons (Fsp3) is 0.286. The number of anilines is 1. The Morgan fingerprint density at radius 3 is 2.80 bits per heavy atom. The van der Waals surface area contributed by atoms with Crippen molar-refractivity contribution in [3.63, 3.8) is 0 Å². The molecule has 3 rings (SSSR count). The molecule has 6 heteroatoms. The third kappa shape index (κ3) is 2.52. The summed E-state index contributed by atoms with van der Waals surface area (Å²) in [5.74, 6) is -0.250. The molecule has 2 heterocycles. The van der Waals surface area contributed by atoms with Gasteiger partial charge in [0.15, 0.2) is 5.01 Å². The van der Waals surface area contributed by atoms with Crippen LogP contribution >= 0.6 is 11.3 Å². The second-order valence-corrected chi connectivity index (χ2v) is 5.36. The van der Waals surface area contributed by atoms with Crippen LogP contribution in [0.25, 0.3) is 0 Å². The van der Waals surface area contributed by atoms with Crippen molar-refractivity contribution in [2.24, 2.45) is 0 Å². The number of nitrogens with zero attached hydrogens (tertiary/aromatic N) is 2. The lowest BCUT2D eigenvalue weighted by molar-refractivity contribution is 0.103. The van der Waals surface area contributed by atoms with Crippen LogP contribution in [-0.2, 0) is 4.74 Å². The number of carbonyl (C=O) groups is 1. The van der Waals surface area contributed by atoms with E-state index in [4.69, 9.17) is 4.74 Å². The molecule has 20 heavy (non-hydrogen) atoms. The monoisotopic (exact) mass is 290 g/mol. The highest BCUT2D eigenvalue weighted by Crippen LogP contribution is 2.27. The second kappa shape index (κ2) is 5.60. The standard InChI is InChI=1S/C14H14N2O3S/c17-12-9-10(16-4-6-19-7-5-16)1-2-11(12)13(18)14-15-3-8-20-14/h1-3,8-9,17H,4-7H2. The molecule has 1 aliphatic rings. The number of aromatic nitrogens is 1. The average molecular weight is 290 g/mol. The fourth-order valence-electron chi connectivity index (χ4n) is 2.18. The van der Waals surface area contributed by atoms with E-state index in [0.29, 0.717) is 18.2 Å². The second-order valence-electron chi connectivity index (χ2n) is 4.47. The number of thiazole rings is 1. The largest absolute Gasteiger partial charge is 0.507 e. The lowest BCUT2D eigenvalue weighted by atomic mass is 10.1. The average Bonchev–Trinajstić information content (AvgIpc) is 3.01. The van der Waals surface area contributed by atoms with E-state index in [9.17, 15) is 9.90 Å². The molecule has 1 saturated heterocycles.